The van der Waals surface area contributed by atoms with Gasteiger partial charge in [-0.25, -0.2) is 0 Å². The van der Waals surface area contributed by atoms with Crippen LogP contribution in [0.25, 0.3) is 0 Å². The summed E-state index contributed by atoms with van der Waals surface area (Å²) in [7, 11) is 0. The highest BCUT2D eigenvalue weighted by atomic mass is 35.5. The molecule has 0 aliphatic heterocycles. The Kier molecular flexibility index (Phi) is 3.41. The molecule has 0 aliphatic rings. The van der Waals surface area contributed by atoms with Crippen molar-refractivity contribution in [3.05, 3.63) is 34.3 Å². The molecule has 0 atom stereocenters. The fraction of sp³-hybridized carbons (Fsp3) is 0.111. The first-order valence-electron chi connectivity index (χ1n) is 4.09. The third-order valence-corrected chi connectivity index (χ3v) is 3.01. The number of rotatable bonds is 3. The molecule has 0 amide bonds. The highest BCUT2D eigenvalue weighted by molar-refractivity contribution is 7.13. The second-order valence-corrected chi connectivity index (χ2v) is 4.38. The number of nitrogens with zero attached hydrogens (tertiary/aromatic N) is 2. The topological polar surface area (TPSA) is 35.0 Å². The van der Waals surface area contributed by atoms with E-state index in [4.69, 9.17) is 27.9 Å². The van der Waals surface area contributed by atoms with Gasteiger partial charge in [0, 0.05) is 5.02 Å². The maximum absolute atomic E-state index is 5.81. The molecule has 0 aliphatic carbocycles. The standard InChI is InChI=1S/C9H6Cl2N2OS/c10-5-8-12-13-9(15-8)14-7-3-1-2-6(11)4-7/h1-4H,5H2. The molecule has 0 radical (unpaired) electrons. The molecule has 0 saturated heterocycles. The molecule has 0 spiro atoms. The largest absolute Gasteiger partial charge is 0.430 e. The predicted molar refractivity (Wildman–Crippen MR) is 61.0 cm³/mol. The number of ether oxygens (including phenoxy) is 1. The maximum atomic E-state index is 5.81. The van der Waals surface area contributed by atoms with E-state index in [1.165, 1.54) is 11.3 Å². The van der Waals surface area contributed by atoms with Crippen molar-refractivity contribution in [2.24, 2.45) is 0 Å². The smallest absolute Gasteiger partial charge is 0.299 e. The van der Waals surface area contributed by atoms with Gasteiger partial charge in [0.05, 0.1) is 5.88 Å². The van der Waals surface area contributed by atoms with Gasteiger partial charge < -0.3 is 4.74 Å². The van der Waals surface area contributed by atoms with Crippen LogP contribution in [0.15, 0.2) is 24.3 Å². The van der Waals surface area contributed by atoms with E-state index in [0.717, 1.165) is 5.01 Å². The third kappa shape index (κ3) is 2.81. The molecule has 1 aromatic carbocycles. The van der Waals surface area contributed by atoms with Crippen LogP contribution in [0.1, 0.15) is 5.01 Å². The molecule has 1 aromatic heterocycles. The Morgan fingerprint density at radius 2 is 2.20 bits per heavy atom. The lowest BCUT2D eigenvalue weighted by atomic mass is 10.3. The van der Waals surface area contributed by atoms with Gasteiger partial charge in [0.1, 0.15) is 10.8 Å². The van der Waals surface area contributed by atoms with Crippen LogP contribution in [0.2, 0.25) is 5.02 Å². The molecule has 78 valence electrons. The van der Waals surface area contributed by atoms with E-state index >= 15 is 0 Å². The molecular weight excluding hydrogens is 255 g/mol. The molecule has 15 heavy (non-hydrogen) atoms. The van der Waals surface area contributed by atoms with Crippen LogP contribution in [0.3, 0.4) is 0 Å². The average Bonchev–Trinajstić information content (AvgIpc) is 2.65. The van der Waals surface area contributed by atoms with Crippen molar-refractivity contribution in [3.8, 4) is 10.9 Å². The van der Waals surface area contributed by atoms with Crippen molar-refractivity contribution in [1.82, 2.24) is 10.2 Å². The van der Waals surface area contributed by atoms with Crippen molar-refractivity contribution in [2.75, 3.05) is 0 Å². The summed E-state index contributed by atoms with van der Waals surface area (Å²) >= 11 is 12.7. The average molecular weight is 261 g/mol. The van der Waals surface area contributed by atoms with Crippen LogP contribution in [0.5, 0.6) is 10.9 Å². The Labute approximate surface area is 101 Å². The summed E-state index contributed by atoms with van der Waals surface area (Å²) in [5.41, 5.74) is 0. The Morgan fingerprint density at radius 3 is 2.87 bits per heavy atom. The molecule has 0 fully saturated rings. The molecule has 1 heterocycles. The van der Waals surface area contributed by atoms with E-state index in [1.807, 2.05) is 0 Å². The van der Waals surface area contributed by atoms with Crippen LogP contribution in [-0.2, 0) is 5.88 Å². The Bertz CT molecular complexity index is 461. The van der Waals surface area contributed by atoms with E-state index < -0.39 is 0 Å². The van der Waals surface area contributed by atoms with E-state index in [0.29, 0.717) is 21.8 Å². The van der Waals surface area contributed by atoms with Gasteiger partial charge in [-0.05, 0) is 18.2 Å². The summed E-state index contributed by atoms with van der Waals surface area (Å²) in [6.45, 7) is 0. The van der Waals surface area contributed by atoms with Gasteiger partial charge in [0.15, 0.2) is 0 Å². The first-order valence-corrected chi connectivity index (χ1v) is 5.82. The number of aromatic nitrogens is 2. The first-order chi connectivity index (χ1) is 7.28. The number of halogens is 2. The zero-order valence-electron chi connectivity index (χ0n) is 7.48. The minimum atomic E-state index is 0.344. The predicted octanol–water partition coefficient (Wildman–Crippen LogP) is 3.72. The van der Waals surface area contributed by atoms with Gasteiger partial charge in [0.2, 0.25) is 0 Å². The van der Waals surface area contributed by atoms with Gasteiger partial charge in [-0.15, -0.1) is 16.7 Å². The molecule has 2 rings (SSSR count). The van der Waals surface area contributed by atoms with Gasteiger partial charge in [-0.2, -0.15) is 0 Å². The molecule has 0 bridgehead atoms. The molecular formula is C9H6Cl2N2OS. The Balaban J connectivity index is 2.14. The van der Waals surface area contributed by atoms with Crippen molar-refractivity contribution < 1.29 is 4.74 Å². The molecule has 3 nitrogen and oxygen atoms in total. The highest BCUT2D eigenvalue weighted by Gasteiger charge is 2.05. The van der Waals surface area contributed by atoms with Crippen LogP contribution in [0, 0.1) is 0 Å². The molecule has 0 saturated carbocycles. The Morgan fingerprint density at radius 1 is 1.33 bits per heavy atom. The maximum Gasteiger partial charge on any atom is 0.299 e. The lowest BCUT2D eigenvalue weighted by molar-refractivity contribution is 0.473. The van der Waals surface area contributed by atoms with Crippen LogP contribution >= 0.6 is 34.5 Å². The van der Waals surface area contributed by atoms with Crippen molar-refractivity contribution in [1.29, 1.82) is 0 Å². The lowest BCUT2D eigenvalue weighted by Gasteiger charge is -1.99. The second-order valence-electron chi connectivity index (χ2n) is 2.65. The van der Waals surface area contributed by atoms with Crippen LogP contribution < -0.4 is 4.74 Å². The zero-order valence-corrected chi connectivity index (χ0v) is 9.81. The Hall–Kier alpha value is -0.840. The first kappa shape index (κ1) is 10.7. The summed E-state index contributed by atoms with van der Waals surface area (Å²) in [4.78, 5) is 0. The van der Waals surface area contributed by atoms with E-state index in [-0.39, 0.29) is 0 Å². The SMILES string of the molecule is ClCc1nnc(Oc2cccc(Cl)c2)s1. The molecule has 0 N–H and O–H groups in total. The summed E-state index contributed by atoms with van der Waals surface area (Å²) in [6, 6.07) is 7.09. The van der Waals surface area contributed by atoms with Crippen molar-refractivity contribution in [2.45, 2.75) is 5.88 Å². The molecule has 0 unspecified atom stereocenters. The number of hydrogen-bond acceptors (Lipinski definition) is 4. The normalized spacial score (nSPS) is 10.3. The molecule has 6 heteroatoms. The van der Waals surface area contributed by atoms with Gasteiger partial charge >= 0.3 is 0 Å². The minimum Gasteiger partial charge on any atom is -0.430 e. The molecule has 2 aromatic rings. The minimum absolute atomic E-state index is 0.344. The fourth-order valence-corrected chi connectivity index (χ4v) is 1.92. The van der Waals surface area contributed by atoms with E-state index in [2.05, 4.69) is 10.2 Å². The third-order valence-electron chi connectivity index (χ3n) is 1.56. The monoisotopic (exact) mass is 260 g/mol. The fourth-order valence-electron chi connectivity index (χ4n) is 0.965. The zero-order chi connectivity index (χ0) is 10.7. The van der Waals surface area contributed by atoms with Crippen molar-refractivity contribution >= 4 is 34.5 Å². The lowest BCUT2D eigenvalue weighted by Crippen LogP contribution is -1.82. The second kappa shape index (κ2) is 4.79. The van der Waals surface area contributed by atoms with E-state index in [1.54, 1.807) is 24.3 Å². The summed E-state index contributed by atoms with van der Waals surface area (Å²) in [5.74, 6) is 0.983. The number of hydrogen-bond donors (Lipinski definition) is 0. The number of benzene rings is 1. The van der Waals surface area contributed by atoms with Gasteiger partial charge in [-0.3, -0.25) is 0 Å². The summed E-state index contributed by atoms with van der Waals surface area (Å²) in [5, 5.41) is 9.48. The van der Waals surface area contributed by atoms with Gasteiger partial charge in [-0.1, -0.05) is 34.1 Å². The van der Waals surface area contributed by atoms with Crippen LogP contribution in [-0.4, -0.2) is 10.2 Å². The van der Waals surface area contributed by atoms with Crippen LogP contribution in [0.4, 0.5) is 0 Å². The quantitative estimate of drug-likeness (QED) is 0.790. The number of alkyl halides is 1. The summed E-state index contributed by atoms with van der Waals surface area (Å²) < 4.78 is 5.44. The van der Waals surface area contributed by atoms with Gasteiger partial charge in [0.25, 0.3) is 5.19 Å². The summed E-state index contributed by atoms with van der Waals surface area (Å²) in [6.07, 6.45) is 0. The van der Waals surface area contributed by atoms with Crippen molar-refractivity contribution in [3.63, 3.8) is 0 Å². The van der Waals surface area contributed by atoms with E-state index in [9.17, 15) is 0 Å². The highest BCUT2D eigenvalue weighted by Crippen LogP contribution is 2.27.